The minimum absolute atomic E-state index is 0.0873. The first-order chi connectivity index (χ1) is 14.3. The molecule has 1 amide bonds. The number of thiophene rings is 1. The van der Waals surface area contributed by atoms with Gasteiger partial charge in [-0.1, -0.05) is 0 Å². The van der Waals surface area contributed by atoms with Crippen LogP contribution in [0.4, 0.5) is 13.2 Å². The molecular weight excluding hydrogens is 415 g/mol. The van der Waals surface area contributed by atoms with E-state index in [0.717, 1.165) is 75.1 Å². The fraction of sp³-hybridized carbons (Fsp3) is 0.619. The van der Waals surface area contributed by atoms with E-state index in [2.05, 4.69) is 9.88 Å². The number of carbonyl (C=O) groups is 1. The molecule has 2 aromatic heterocycles. The largest absolute Gasteiger partial charge is 0.433 e. The normalized spacial score (nSPS) is 19.5. The maximum absolute atomic E-state index is 13.0. The molecule has 164 valence electrons. The number of amides is 1. The van der Waals surface area contributed by atoms with Gasteiger partial charge < -0.3 is 9.64 Å². The molecular formula is C21H26F3N3O2S. The summed E-state index contributed by atoms with van der Waals surface area (Å²) < 4.78 is 44.2. The van der Waals surface area contributed by atoms with Crippen molar-refractivity contribution in [3.05, 3.63) is 28.3 Å². The summed E-state index contributed by atoms with van der Waals surface area (Å²) in [6.45, 7) is 7.85. The van der Waals surface area contributed by atoms with Gasteiger partial charge in [-0.25, -0.2) is 4.98 Å². The molecule has 2 aromatic rings. The number of piperidine rings is 1. The second-order valence-corrected chi connectivity index (χ2v) is 9.08. The first-order valence-corrected chi connectivity index (χ1v) is 11.2. The Hall–Kier alpha value is -1.71. The Bertz CT molecular complexity index is 901. The van der Waals surface area contributed by atoms with Gasteiger partial charge in [0.1, 0.15) is 10.5 Å². The quantitative estimate of drug-likeness (QED) is 0.714. The number of alkyl halides is 3. The van der Waals surface area contributed by atoms with Crippen LogP contribution in [0.15, 0.2) is 12.1 Å². The zero-order chi connectivity index (χ0) is 21.3. The lowest BCUT2D eigenvalue weighted by molar-refractivity contribution is -0.140. The van der Waals surface area contributed by atoms with E-state index >= 15 is 0 Å². The fourth-order valence-corrected chi connectivity index (χ4v) is 5.37. The Morgan fingerprint density at radius 3 is 2.57 bits per heavy atom. The third kappa shape index (κ3) is 4.63. The predicted molar refractivity (Wildman–Crippen MR) is 110 cm³/mol. The Morgan fingerprint density at radius 1 is 1.20 bits per heavy atom. The molecule has 0 aromatic carbocycles. The summed E-state index contributed by atoms with van der Waals surface area (Å²) in [6.07, 6.45) is -1.42. The number of hydrogen-bond acceptors (Lipinski definition) is 5. The number of halogens is 3. The summed E-state index contributed by atoms with van der Waals surface area (Å²) in [7, 11) is 0. The number of nitrogens with zero attached hydrogens (tertiary/aromatic N) is 3. The van der Waals surface area contributed by atoms with E-state index in [9.17, 15) is 18.0 Å². The molecule has 0 N–H and O–H groups in total. The molecule has 0 spiro atoms. The lowest BCUT2D eigenvalue weighted by atomic mass is 9.93. The van der Waals surface area contributed by atoms with Gasteiger partial charge >= 0.3 is 6.18 Å². The van der Waals surface area contributed by atoms with Crippen molar-refractivity contribution < 1.29 is 22.7 Å². The van der Waals surface area contributed by atoms with Crippen molar-refractivity contribution in [2.45, 2.75) is 32.4 Å². The summed E-state index contributed by atoms with van der Waals surface area (Å²) in [5.74, 6) is 0.520. The molecule has 30 heavy (non-hydrogen) atoms. The molecule has 0 unspecified atom stereocenters. The summed E-state index contributed by atoms with van der Waals surface area (Å²) in [5, 5.41) is 0.622. The van der Waals surface area contributed by atoms with Gasteiger partial charge in [-0.05, 0) is 56.3 Å². The fourth-order valence-electron chi connectivity index (χ4n) is 4.22. The van der Waals surface area contributed by atoms with E-state index in [1.807, 2.05) is 4.90 Å². The molecule has 2 aliphatic rings. The third-order valence-electron chi connectivity index (χ3n) is 6.15. The summed E-state index contributed by atoms with van der Waals surface area (Å²) in [5.41, 5.74) is -0.202. The third-order valence-corrected chi connectivity index (χ3v) is 7.34. The Labute approximate surface area is 177 Å². The minimum Gasteiger partial charge on any atom is -0.379 e. The van der Waals surface area contributed by atoms with Crippen molar-refractivity contribution in [3.63, 3.8) is 0 Å². The van der Waals surface area contributed by atoms with E-state index < -0.39 is 11.9 Å². The van der Waals surface area contributed by atoms with Crippen LogP contribution in [0.25, 0.3) is 10.2 Å². The summed E-state index contributed by atoms with van der Waals surface area (Å²) >= 11 is 1.06. The molecule has 0 bridgehead atoms. The number of likely N-dealkylation sites (tertiary alicyclic amines) is 1. The summed E-state index contributed by atoms with van der Waals surface area (Å²) in [4.78, 5) is 21.8. The lowest BCUT2D eigenvalue weighted by Crippen LogP contribution is -2.40. The molecule has 4 heterocycles. The van der Waals surface area contributed by atoms with Gasteiger partial charge in [0, 0.05) is 31.6 Å². The maximum Gasteiger partial charge on any atom is 0.433 e. The van der Waals surface area contributed by atoms with E-state index in [-0.39, 0.29) is 10.7 Å². The number of morpholine rings is 1. The zero-order valence-electron chi connectivity index (χ0n) is 17.0. The molecule has 2 saturated heterocycles. The average molecular weight is 442 g/mol. The number of pyridine rings is 1. The van der Waals surface area contributed by atoms with E-state index in [0.29, 0.717) is 29.3 Å². The smallest absolute Gasteiger partial charge is 0.379 e. The van der Waals surface area contributed by atoms with E-state index in [1.165, 1.54) is 6.07 Å². The molecule has 0 aliphatic carbocycles. The molecule has 0 atom stereocenters. The first-order valence-electron chi connectivity index (χ1n) is 10.4. The Kier molecular flexibility index (Phi) is 6.31. The number of aryl methyl sites for hydroxylation is 1. The highest BCUT2D eigenvalue weighted by Crippen LogP contribution is 2.35. The Balaban J connectivity index is 1.38. The van der Waals surface area contributed by atoms with Gasteiger partial charge in [0.25, 0.3) is 5.91 Å². The van der Waals surface area contributed by atoms with Crippen LogP contribution in [0, 0.1) is 12.8 Å². The highest BCUT2D eigenvalue weighted by molar-refractivity contribution is 7.20. The number of ether oxygens (including phenoxy) is 1. The van der Waals surface area contributed by atoms with Gasteiger partial charge in [-0.3, -0.25) is 9.69 Å². The number of aromatic nitrogens is 1. The molecule has 0 radical (unpaired) electrons. The van der Waals surface area contributed by atoms with Gasteiger partial charge in [-0.15, -0.1) is 11.3 Å². The van der Waals surface area contributed by atoms with Crippen LogP contribution in [-0.2, 0) is 10.9 Å². The number of fused-ring (bicyclic) bond motifs is 1. The van der Waals surface area contributed by atoms with Crippen molar-refractivity contribution in [2.24, 2.45) is 5.92 Å². The van der Waals surface area contributed by atoms with Gasteiger partial charge in [0.05, 0.1) is 18.1 Å². The van der Waals surface area contributed by atoms with Crippen molar-refractivity contribution in [3.8, 4) is 0 Å². The topological polar surface area (TPSA) is 45.7 Å². The van der Waals surface area contributed by atoms with Crippen molar-refractivity contribution in [1.29, 1.82) is 0 Å². The van der Waals surface area contributed by atoms with Crippen LogP contribution in [-0.4, -0.2) is 66.6 Å². The second kappa shape index (κ2) is 8.80. The molecule has 5 nitrogen and oxygen atoms in total. The molecule has 0 saturated carbocycles. The Morgan fingerprint density at radius 2 is 1.90 bits per heavy atom. The van der Waals surface area contributed by atoms with Gasteiger partial charge in [0.15, 0.2) is 0 Å². The van der Waals surface area contributed by atoms with Crippen LogP contribution in [0.2, 0.25) is 0 Å². The van der Waals surface area contributed by atoms with Crippen molar-refractivity contribution >= 4 is 27.5 Å². The molecule has 2 aliphatic heterocycles. The number of hydrogen-bond donors (Lipinski definition) is 0. The van der Waals surface area contributed by atoms with Crippen molar-refractivity contribution in [1.82, 2.24) is 14.8 Å². The molecule has 4 rings (SSSR count). The van der Waals surface area contributed by atoms with Gasteiger partial charge in [-0.2, -0.15) is 13.2 Å². The molecule has 2 fully saturated rings. The SMILES string of the molecule is Cc1c(C(=O)N2CCC(CCN3CCOCC3)CC2)sc2nc(C(F)(F)F)ccc12. The van der Waals surface area contributed by atoms with Crippen LogP contribution < -0.4 is 0 Å². The number of rotatable bonds is 4. The van der Waals surface area contributed by atoms with Gasteiger partial charge in [0.2, 0.25) is 0 Å². The molecule has 9 heteroatoms. The van der Waals surface area contributed by atoms with E-state index in [1.54, 1.807) is 6.92 Å². The standard InChI is InChI=1S/C21H26F3N3O2S/c1-14-16-2-3-17(21(22,23)24)25-19(16)30-18(14)20(28)27-8-5-15(6-9-27)4-7-26-10-12-29-13-11-26/h2-3,15H,4-13H2,1H3. The first kappa shape index (κ1) is 21.5. The van der Waals surface area contributed by atoms with Crippen LogP contribution >= 0.6 is 11.3 Å². The highest BCUT2D eigenvalue weighted by atomic mass is 32.1. The predicted octanol–water partition coefficient (Wildman–Crippen LogP) is 4.20. The van der Waals surface area contributed by atoms with Crippen LogP contribution in [0.1, 0.15) is 40.2 Å². The zero-order valence-corrected chi connectivity index (χ0v) is 17.8. The lowest BCUT2D eigenvalue weighted by Gasteiger charge is -2.34. The average Bonchev–Trinajstić information content (AvgIpc) is 3.08. The monoisotopic (exact) mass is 441 g/mol. The summed E-state index contributed by atoms with van der Waals surface area (Å²) in [6, 6.07) is 2.40. The highest BCUT2D eigenvalue weighted by Gasteiger charge is 2.33. The van der Waals surface area contributed by atoms with E-state index in [4.69, 9.17) is 4.74 Å². The maximum atomic E-state index is 13.0. The van der Waals surface area contributed by atoms with Crippen molar-refractivity contribution in [2.75, 3.05) is 45.9 Å². The van der Waals surface area contributed by atoms with Crippen LogP contribution in [0.3, 0.4) is 0 Å². The van der Waals surface area contributed by atoms with Crippen LogP contribution in [0.5, 0.6) is 0 Å². The minimum atomic E-state index is -4.49. The second-order valence-electron chi connectivity index (χ2n) is 8.08. The number of carbonyl (C=O) groups excluding carboxylic acids is 1.